The Labute approximate surface area is 174 Å². The monoisotopic (exact) mass is 436 g/mol. The van der Waals surface area contributed by atoms with Crippen LogP contribution in [0, 0.1) is 5.92 Å². The quantitative estimate of drug-likeness (QED) is 0.702. The van der Waals surface area contributed by atoms with Gasteiger partial charge in [0.1, 0.15) is 0 Å². The summed E-state index contributed by atoms with van der Waals surface area (Å²) in [4.78, 5) is 27.3. The topological polar surface area (TPSA) is 92.8 Å². The molecule has 156 valence electrons. The Bertz CT molecular complexity index is 1010. The fourth-order valence-corrected chi connectivity index (χ4v) is 6.24. The van der Waals surface area contributed by atoms with Crippen LogP contribution in [0.2, 0.25) is 0 Å². The number of hydrogen-bond donors (Lipinski definition) is 1. The molecule has 0 aliphatic carbocycles. The van der Waals surface area contributed by atoms with Gasteiger partial charge in [-0.1, -0.05) is 32.0 Å². The van der Waals surface area contributed by atoms with Gasteiger partial charge in [-0.2, -0.15) is 0 Å². The van der Waals surface area contributed by atoms with E-state index in [9.17, 15) is 18.0 Å². The van der Waals surface area contributed by atoms with E-state index in [0.717, 1.165) is 11.3 Å². The summed E-state index contributed by atoms with van der Waals surface area (Å²) in [7, 11) is -2.75. The zero-order valence-corrected chi connectivity index (χ0v) is 18.2. The predicted molar refractivity (Wildman–Crippen MR) is 111 cm³/mol. The van der Waals surface area contributed by atoms with E-state index in [0.29, 0.717) is 42.1 Å². The number of nitrogens with zero attached hydrogens (tertiary/aromatic N) is 1. The Morgan fingerprint density at radius 3 is 2.55 bits per heavy atom. The van der Waals surface area contributed by atoms with Gasteiger partial charge in [0.05, 0.1) is 19.2 Å². The summed E-state index contributed by atoms with van der Waals surface area (Å²) < 4.78 is 33.4. The molecule has 3 rings (SSSR count). The van der Waals surface area contributed by atoms with E-state index < -0.39 is 16.0 Å². The van der Waals surface area contributed by atoms with Gasteiger partial charge in [0, 0.05) is 23.5 Å². The first kappa shape index (κ1) is 21.3. The molecule has 0 unspecified atom stereocenters. The molecular weight excluding hydrogens is 412 g/mol. The lowest BCUT2D eigenvalue weighted by molar-refractivity contribution is -0.132. The number of ether oxygens (including phenoxy) is 1. The molecule has 0 radical (unpaired) electrons. The zero-order chi connectivity index (χ0) is 21.2. The number of fused-ring (bicyclic) bond motifs is 1. The van der Waals surface area contributed by atoms with E-state index in [4.69, 9.17) is 4.74 Å². The largest absolute Gasteiger partial charge is 0.465 e. The second-order valence-corrected chi connectivity index (χ2v) is 10.3. The number of amides is 1. The smallest absolute Gasteiger partial charge is 0.340 e. The first-order valence-corrected chi connectivity index (χ1v) is 11.6. The summed E-state index contributed by atoms with van der Waals surface area (Å²) in [6.07, 6.45) is 0.853. The number of anilines is 1. The lowest BCUT2D eigenvalue weighted by Gasteiger charge is -2.27. The summed E-state index contributed by atoms with van der Waals surface area (Å²) in [5.74, 6) is -0.410. The van der Waals surface area contributed by atoms with E-state index in [2.05, 4.69) is 4.72 Å². The number of methoxy groups -OCH3 is 1. The van der Waals surface area contributed by atoms with Gasteiger partial charge < -0.3 is 9.64 Å². The summed E-state index contributed by atoms with van der Waals surface area (Å²) in [5.41, 5.74) is 1.14. The van der Waals surface area contributed by atoms with Crippen LogP contribution < -0.4 is 4.72 Å². The number of sulfonamides is 1. The maximum Gasteiger partial charge on any atom is 0.340 e. The van der Waals surface area contributed by atoms with Crippen molar-refractivity contribution in [3.63, 3.8) is 0 Å². The van der Waals surface area contributed by atoms with E-state index >= 15 is 0 Å². The number of hydrogen-bond acceptors (Lipinski definition) is 6. The van der Waals surface area contributed by atoms with Crippen LogP contribution in [0.4, 0.5) is 5.69 Å². The van der Waals surface area contributed by atoms with Crippen molar-refractivity contribution in [3.8, 4) is 0 Å². The molecule has 2 heterocycles. The molecule has 2 aromatic rings. The number of esters is 1. The maximum atomic E-state index is 13.0. The molecular formula is C20H24N2O5S2. The van der Waals surface area contributed by atoms with Crippen molar-refractivity contribution in [1.29, 1.82) is 0 Å². The highest BCUT2D eigenvalue weighted by Gasteiger charge is 2.35. The Kier molecular flexibility index (Phi) is 6.28. The van der Waals surface area contributed by atoms with Gasteiger partial charge in [-0.25, -0.2) is 13.2 Å². The van der Waals surface area contributed by atoms with Crippen molar-refractivity contribution in [2.24, 2.45) is 5.92 Å². The molecule has 0 bridgehead atoms. The van der Waals surface area contributed by atoms with Crippen LogP contribution in [0.1, 0.15) is 41.1 Å². The van der Waals surface area contributed by atoms with Crippen molar-refractivity contribution in [1.82, 2.24) is 4.90 Å². The molecule has 9 heteroatoms. The van der Waals surface area contributed by atoms with Crippen LogP contribution in [0.15, 0.2) is 34.5 Å². The number of benzene rings is 1. The fraction of sp³-hybridized carbons (Fsp3) is 0.400. The van der Waals surface area contributed by atoms with Crippen LogP contribution in [-0.4, -0.2) is 38.8 Å². The van der Waals surface area contributed by atoms with Gasteiger partial charge in [-0.3, -0.25) is 9.52 Å². The van der Waals surface area contributed by atoms with Crippen molar-refractivity contribution >= 4 is 38.9 Å². The number of para-hydroxylation sites is 1. The van der Waals surface area contributed by atoms with Gasteiger partial charge >= 0.3 is 5.97 Å². The van der Waals surface area contributed by atoms with Gasteiger partial charge in [0.15, 0.2) is 4.21 Å². The molecule has 1 aliphatic rings. The second-order valence-electron chi connectivity index (χ2n) is 7.29. The average Bonchev–Trinajstić information content (AvgIpc) is 3.07. The summed E-state index contributed by atoms with van der Waals surface area (Å²) >= 11 is 1.03. The fourth-order valence-electron chi connectivity index (χ4n) is 3.28. The highest BCUT2D eigenvalue weighted by Crippen LogP contribution is 2.37. The minimum Gasteiger partial charge on any atom is -0.465 e. The van der Waals surface area contributed by atoms with Gasteiger partial charge in [-0.15, -0.1) is 11.3 Å². The summed E-state index contributed by atoms with van der Waals surface area (Å²) in [6, 6.07) is 8.49. The minimum absolute atomic E-state index is 0.0329. The molecule has 7 nitrogen and oxygen atoms in total. The van der Waals surface area contributed by atoms with Crippen molar-refractivity contribution < 1.29 is 22.7 Å². The highest BCUT2D eigenvalue weighted by molar-refractivity contribution is 7.94. The Morgan fingerprint density at radius 1 is 1.24 bits per heavy atom. The van der Waals surface area contributed by atoms with Crippen LogP contribution in [-0.2, 0) is 32.5 Å². The van der Waals surface area contributed by atoms with E-state index in [1.807, 2.05) is 13.8 Å². The third-order valence-corrected chi connectivity index (χ3v) is 7.74. The zero-order valence-electron chi connectivity index (χ0n) is 16.6. The van der Waals surface area contributed by atoms with Gasteiger partial charge in [0.2, 0.25) is 5.91 Å². The van der Waals surface area contributed by atoms with E-state index in [1.165, 1.54) is 7.11 Å². The highest BCUT2D eigenvalue weighted by atomic mass is 32.2. The third kappa shape index (κ3) is 4.62. The Hall–Kier alpha value is -2.39. The number of carbonyl (C=O) groups is 2. The number of nitrogens with one attached hydrogen (secondary N) is 1. The molecule has 1 amide bonds. The molecule has 1 aromatic heterocycles. The molecule has 0 spiro atoms. The number of carbonyl (C=O) groups excluding carboxylic acids is 2. The van der Waals surface area contributed by atoms with Crippen molar-refractivity contribution in [2.45, 2.75) is 37.4 Å². The van der Waals surface area contributed by atoms with Gasteiger partial charge in [0.25, 0.3) is 10.0 Å². The van der Waals surface area contributed by atoms with Crippen LogP contribution in [0.3, 0.4) is 0 Å². The lowest BCUT2D eigenvalue weighted by Crippen LogP contribution is -2.36. The van der Waals surface area contributed by atoms with Crippen LogP contribution in [0.25, 0.3) is 0 Å². The van der Waals surface area contributed by atoms with Crippen LogP contribution in [0.5, 0.6) is 0 Å². The molecule has 1 aliphatic heterocycles. The average molecular weight is 437 g/mol. The van der Waals surface area contributed by atoms with Crippen molar-refractivity contribution in [3.05, 3.63) is 46.3 Å². The lowest BCUT2D eigenvalue weighted by atomic mass is 10.0. The molecule has 1 N–H and O–H groups in total. The minimum atomic E-state index is -3.99. The van der Waals surface area contributed by atoms with Crippen LogP contribution >= 0.6 is 11.3 Å². The maximum absolute atomic E-state index is 13.0. The standard InChI is InChI=1S/C20H24N2O5S2/c1-13(2)11-17(23)22-10-9-15-16(12-22)28-20(18(15)19(24)27-3)29(25,26)21-14-7-5-4-6-8-14/h4-8,13,21H,9-12H2,1-3H3. The first-order valence-electron chi connectivity index (χ1n) is 9.31. The molecule has 0 saturated heterocycles. The third-order valence-electron chi connectivity index (χ3n) is 4.62. The molecule has 0 fully saturated rings. The van der Waals surface area contributed by atoms with E-state index in [-0.39, 0.29) is 21.6 Å². The molecule has 0 saturated carbocycles. The summed E-state index contributed by atoms with van der Waals surface area (Å²) in [5, 5.41) is 0. The van der Waals surface area contributed by atoms with Crippen molar-refractivity contribution in [2.75, 3.05) is 18.4 Å². The normalized spacial score (nSPS) is 13.9. The predicted octanol–water partition coefficient (Wildman–Crippen LogP) is 3.27. The number of rotatable bonds is 6. The Morgan fingerprint density at radius 2 is 1.93 bits per heavy atom. The summed E-state index contributed by atoms with van der Waals surface area (Å²) in [6.45, 7) is 4.71. The van der Waals surface area contributed by atoms with E-state index in [1.54, 1.807) is 35.2 Å². The molecule has 0 atom stereocenters. The number of thiophene rings is 1. The molecule has 1 aromatic carbocycles. The first-order chi connectivity index (χ1) is 13.7. The second kappa shape index (κ2) is 8.54. The molecule has 29 heavy (non-hydrogen) atoms. The van der Waals surface area contributed by atoms with Gasteiger partial charge in [-0.05, 0) is 30.0 Å². The Balaban J connectivity index is 1.98. The SMILES string of the molecule is COC(=O)c1c(S(=O)(=O)Nc2ccccc2)sc2c1CCN(C(=O)CC(C)C)C2.